The molecule has 1 heterocycles. The fourth-order valence-electron chi connectivity index (χ4n) is 4.42. The van der Waals surface area contributed by atoms with Crippen LogP contribution in [-0.2, 0) is 9.84 Å². The van der Waals surface area contributed by atoms with Gasteiger partial charge in [0.05, 0.1) is 11.9 Å². The molecule has 0 aromatic carbocycles. The van der Waals surface area contributed by atoms with Crippen molar-refractivity contribution < 1.29 is 13.2 Å². The molecule has 2 saturated carbocycles. The van der Waals surface area contributed by atoms with E-state index in [4.69, 9.17) is 0 Å². The third-order valence-corrected chi connectivity index (χ3v) is 7.47. The largest absolute Gasteiger partial charge is 0.335 e. The molecule has 3 atom stereocenters. The monoisotopic (exact) mass is 351 g/mol. The summed E-state index contributed by atoms with van der Waals surface area (Å²) in [6.45, 7) is 6.88. The maximum atomic E-state index is 12.3. The molecule has 0 saturated heterocycles. The number of sulfone groups is 1. The predicted molar refractivity (Wildman–Crippen MR) is 92.5 cm³/mol. The predicted octanol–water partition coefficient (Wildman–Crippen LogP) is 2.82. The normalized spacial score (nSPS) is 31.0. The molecule has 2 aliphatic rings. The first-order chi connectivity index (χ1) is 11.0. The second-order valence-electron chi connectivity index (χ2n) is 7.92. The molecule has 1 aromatic rings. The van der Waals surface area contributed by atoms with Gasteiger partial charge in [0.1, 0.15) is 0 Å². The summed E-state index contributed by atoms with van der Waals surface area (Å²) in [6.07, 6.45) is 5.86. The molecule has 2 fully saturated rings. The lowest BCUT2D eigenvalue weighted by molar-refractivity contribution is 0.125. The Labute approximate surface area is 143 Å². The number of amides is 2. The number of nitrogens with one attached hydrogen (secondary N) is 2. The zero-order chi connectivity index (χ0) is 17.8. The SMILES string of the molecule is CC1(C)[C@H]2CC[C@@]1(C)[C@@H](NC(=O)Nc1ccc(S(C)(=O)=O)nc1)C2. The number of hydrogen-bond donors (Lipinski definition) is 2. The Morgan fingerprint density at radius 2 is 2.00 bits per heavy atom. The minimum absolute atomic E-state index is 0.00387. The number of pyridine rings is 1. The van der Waals surface area contributed by atoms with Crippen LogP contribution in [0.2, 0.25) is 0 Å². The summed E-state index contributed by atoms with van der Waals surface area (Å²) in [5.41, 5.74) is 0.837. The fourth-order valence-corrected chi connectivity index (χ4v) is 4.98. The van der Waals surface area contributed by atoms with E-state index in [0.717, 1.165) is 19.1 Å². The maximum Gasteiger partial charge on any atom is 0.319 e. The fraction of sp³-hybridized carbons (Fsp3) is 0.647. The van der Waals surface area contributed by atoms with Crippen molar-refractivity contribution in [3.05, 3.63) is 18.3 Å². The minimum Gasteiger partial charge on any atom is -0.335 e. The van der Waals surface area contributed by atoms with Crippen LogP contribution >= 0.6 is 0 Å². The first kappa shape index (κ1) is 17.2. The lowest BCUT2D eigenvalue weighted by Gasteiger charge is -2.39. The molecule has 2 aliphatic carbocycles. The van der Waals surface area contributed by atoms with Gasteiger partial charge in [-0.25, -0.2) is 18.2 Å². The zero-order valence-electron chi connectivity index (χ0n) is 14.6. The van der Waals surface area contributed by atoms with E-state index in [-0.39, 0.29) is 27.9 Å². The van der Waals surface area contributed by atoms with Crippen LogP contribution in [0.1, 0.15) is 40.0 Å². The molecule has 132 valence electrons. The van der Waals surface area contributed by atoms with Gasteiger partial charge in [-0.1, -0.05) is 20.8 Å². The molecule has 2 amide bonds. The quantitative estimate of drug-likeness (QED) is 0.876. The van der Waals surface area contributed by atoms with Gasteiger partial charge in [0.2, 0.25) is 0 Å². The number of aromatic nitrogens is 1. The number of carbonyl (C=O) groups is 1. The van der Waals surface area contributed by atoms with Crippen molar-refractivity contribution in [2.75, 3.05) is 11.6 Å². The number of rotatable bonds is 3. The van der Waals surface area contributed by atoms with Crippen LogP contribution in [0.15, 0.2) is 23.4 Å². The van der Waals surface area contributed by atoms with Gasteiger partial charge in [-0.2, -0.15) is 0 Å². The molecule has 2 bridgehead atoms. The smallest absolute Gasteiger partial charge is 0.319 e. The van der Waals surface area contributed by atoms with Gasteiger partial charge < -0.3 is 10.6 Å². The van der Waals surface area contributed by atoms with Crippen molar-refractivity contribution in [2.45, 2.75) is 51.1 Å². The summed E-state index contributed by atoms with van der Waals surface area (Å²) in [5.74, 6) is 0.656. The molecule has 0 aliphatic heterocycles. The maximum absolute atomic E-state index is 12.3. The average molecular weight is 351 g/mol. The van der Waals surface area contributed by atoms with Gasteiger partial charge in [-0.15, -0.1) is 0 Å². The van der Waals surface area contributed by atoms with E-state index in [2.05, 4.69) is 36.4 Å². The number of nitrogens with zero attached hydrogens (tertiary/aromatic N) is 1. The Bertz CT molecular complexity index is 758. The third kappa shape index (κ3) is 2.68. The first-order valence-electron chi connectivity index (χ1n) is 8.28. The van der Waals surface area contributed by atoms with Crippen LogP contribution in [0.25, 0.3) is 0 Å². The van der Waals surface area contributed by atoms with E-state index >= 15 is 0 Å². The Morgan fingerprint density at radius 1 is 1.29 bits per heavy atom. The molecule has 2 N–H and O–H groups in total. The highest BCUT2D eigenvalue weighted by molar-refractivity contribution is 7.90. The molecule has 0 unspecified atom stereocenters. The second kappa shape index (κ2) is 5.44. The molecule has 3 rings (SSSR count). The molecule has 0 spiro atoms. The molecule has 1 aromatic heterocycles. The Hall–Kier alpha value is -1.63. The van der Waals surface area contributed by atoms with Crippen LogP contribution in [0.3, 0.4) is 0 Å². The number of hydrogen-bond acceptors (Lipinski definition) is 4. The summed E-state index contributed by atoms with van der Waals surface area (Å²) in [5, 5.41) is 5.84. The summed E-state index contributed by atoms with van der Waals surface area (Å²) < 4.78 is 22.8. The van der Waals surface area contributed by atoms with E-state index in [1.165, 1.54) is 18.7 Å². The van der Waals surface area contributed by atoms with Crippen molar-refractivity contribution in [3.8, 4) is 0 Å². The van der Waals surface area contributed by atoms with Gasteiger partial charge in [-0.3, -0.25) is 0 Å². The van der Waals surface area contributed by atoms with Crippen molar-refractivity contribution in [3.63, 3.8) is 0 Å². The van der Waals surface area contributed by atoms with Crippen LogP contribution in [0.5, 0.6) is 0 Å². The van der Waals surface area contributed by atoms with Crippen LogP contribution in [0.4, 0.5) is 10.5 Å². The Morgan fingerprint density at radius 3 is 2.46 bits per heavy atom. The molecule has 7 heteroatoms. The van der Waals surface area contributed by atoms with Crippen LogP contribution in [-0.4, -0.2) is 31.7 Å². The van der Waals surface area contributed by atoms with E-state index in [1.807, 2.05) is 0 Å². The summed E-state index contributed by atoms with van der Waals surface area (Å²) >= 11 is 0. The van der Waals surface area contributed by atoms with Crippen molar-refractivity contribution in [1.82, 2.24) is 10.3 Å². The zero-order valence-corrected chi connectivity index (χ0v) is 15.4. The van der Waals surface area contributed by atoms with Crippen molar-refractivity contribution in [2.24, 2.45) is 16.7 Å². The first-order valence-corrected chi connectivity index (χ1v) is 10.2. The highest BCUT2D eigenvalue weighted by Crippen LogP contribution is 2.65. The molecular weight excluding hydrogens is 326 g/mol. The standard InChI is InChI=1S/C17H25N3O3S/c1-16(2)11-7-8-17(16,3)13(9-11)20-15(21)19-12-5-6-14(18-10-12)24(4,22)23/h5-6,10-11,13H,7-9H2,1-4H3,(H2,19,20,21)/t11-,13-,17-/m0/s1. The number of anilines is 1. The van der Waals surface area contributed by atoms with E-state index in [0.29, 0.717) is 11.6 Å². The summed E-state index contributed by atoms with van der Waals surface area (Å²) in [7, 11) is -3.33. The lowest BCUT2D eigenvalue weighted by atomic mass is 9.69. The minimum atomic E-state index is -3.33. The number of carbonyl (C=O) groups excluding carboxylic acids is 1. The van der Waals surface area contributed by atoms with Gasteiger partial charge >= 0.3 is 6.03 Å². The molecular formula is C17H25N3O3S. The van der Waals surface area contributed by atoms with Gasteiger partial charge in [-0.05, 0) is 48.1 Å². The van der Waals surface area contributed by atoms with Crippen molar-refractivity contribution in [1.29, 1.82) is 0 Å². The average Bonchev–Trinajstić information content (AvgIpc) is 2.80. The Balaban J connectivity index is 1.65. The van der Waals surface area contributed by atoms with Gasteiger partial charge in [0.25, 0.3) is 0 Å². The summed E-state index contributed by atoms with van der Waals surface area (Å²) in [4.78, 5) is 16.2. The van der Waals surface area contributed by atoms with E-state index in [9.17, 15) is 13.2 Å². The molecule has 24 heavy (non-hydrogen) atoms. The lowest BCUT2D eigenvalue weighted by Crippen LogP contribution is -2.48. The van der Waals surface area contributed by atoms with E-state index < -0.39 is 9.84 Å². The highest BCUT2D eigenvalue weighted by Gasteiger charge is 2.61. The topological polar surface area (TPSA) is 88.2 Å². The highest BCUT2D eigenvalue weighted by atomic mass is 32.2. The third-order valence-electron chi connectivity index (χ3n) is 6.47. The Kier molecular flexibility index (Phi) is 3.90. The number of fused-ring (bicyclic) bond motifs is 2. The van der Waals surface area contributed by atoms with E-state index in [1.54, 1.807) is 6.07 Å². The van der Waals surface area contributed by atoms with Crippen molar-refractivity contribution >= 4 is 21.6 Å². The number of urea groups is 1. The van der Waals surface area contributed by atoms with Gasteiger partial charge in [0.15, 0.2) is 14.9 Å². The second-order valence-corrected chi connectivity index (χ2v) is 9.88. The van der Waals surface area contributed by atoms with Gasteiger partial charge in [0, 0.05) is 12.3 Å². The van der Waals surface area contributed by atoms with Crippen LogP contribution in [0, 0.1) is 16.7 Å². The molecule has 6 nitrogen and oxygen atoms in total. The van der Waals surface area contributed by atoms with Crippen LogP contribution < -0.4 is 10.6 Å². The molecule has 0 radical (unpaired) electrons. The summed E-state index contributed by atoms with van der Waals surface area (Å²) in [6, 6.07) is 2.84.